The SMILES string of the molecule is CCC(CC)C(=O)C=C(O)C(CC)CC.CCC(CC)C(O)=CC(=O)C(C)(CC)CC.Cc1[c-]c(-c2nccc3cc(C(C)C)ccc23)cc(C)c1.Cc1[c-]c(-c2nccc3cc(C)ccc23)cc(C)c1.[Ir].[Ir]. The van der Waals surface area contributed by atoms with Crippen LogP contribution in [0.3, 0.4) is 0 Å². The minimum absolute atomic E-state index is 0. The Kier molecular flexibility index (Phi) is 29.7. The molecule has 2 radical (unpaired) electrons. The number of rotatable bonds is 17. The zero-order chi connectivity index (χ0) is 53.0. The van der Waals surface area contributed by atoms with Gasteiger partial charge in [0, 0.05) is 87.9 Å². The summed E-state index contributed by atoms with van der Waals surface area (Å²) in [4.78, 5) is 32.9. The molecule has 6 aromatic rings. The van der Waals surface area contributed by atoms with Crippen molar-refractivity contribution in [3.63, 3.8) is 0 Å². The first-order valence-electron chi connectivity index (χ1n) is 26.4. The Labute approximate surface area is 468 Å². The minimum atomic E-state index is -0.319. The number of benzene rings is 4. The van der Waals surface area contributed by atoms with E-state index < -0.39 is 0 Å². The molecule has 0 saturated heterocycles. The van der Waals surface area contributed by atoms with Gasteiger partial charge in [-0.3, -0.25) is 9.59 Å². The van der Waals surface area contributed by atoms with Crippen molar-refractivity contribution in [2.75, 3.05) is 0 Å². The number of allylic oxidation sites excluding steroid dienone is 4. The van der Waals surface area contributed by atoms with Crippen LogP contribution in [0.15, 0.2) is 109 Å². The molecule has 0 unspecified atom stereocenters. The Morgan fingerprint density at radius 3 is 1.36 bits per heavy atom. The maximum atomic E-state index is 12.0. The van der Waals surface area contributed by atoms with Crippen LogP contribution in [-0.2, 0) is 49.8 Å². The van der Waals surface area contributed by atoms with E-state index in [0.717, 1.165) is 85.0 Å². The first-order valence-corrected chi connectivity index (χ1v) is 26.4. The average Bonchev–Trinajstić information content (AvgIpc) is 3.34. The van der Waals surface area contributed by atoms with Crippen molar-refractivity contribution in [3.8, 4) is 22.5 Å². The third-order valence-electron chi connectivity index (χ3n) is 14.1. The maximum Gasteiger partial charge on any atom is 0.164 e. The predicted octanol–water partition coefficient (Wildman–Crippen LogP) is 18.2. The molecule has 4 aromatic carbocycles. The van der Waals surface area contributed by atoms with Crippen molar-refractivity contribution in [1.82, 2.24) is 9.97 Å². The van der Waals surface area contributed by atoms with Gasteiger partial charge in [-0.1, -0.05) is 146 Å². The van der Waals surface area contributed by atoms with Gasteiger partial charge >= 0.3 is 0 Å². The molecule has 2 heterocycles. The number of aliphatic hydroxyl groups is 2. The molecule has 0 spiro atoms. The van der Waals surface area contributed by atoms with Crippen LogP contribution >= 0.6 is 0 Å². The van der Waals surface area contributed by atoms with Crippen molar-refractivity contribution in [3.05, 3.63) is 154 Å². The number of aryl methyl sites for hydroxylation is 5. The number of pyridine rings is 2. The molecule has 73 heavy (non-hydrogen) atoms. The average molecular weight is 1340 g/mol. The van der Waals surface area contributed by atoms with Gasteiger partial charge in [0.25, 0.3) is 0 Å². The van der Waals surface area contributed by atoms with Crippen LogP contribution in [0.5, 0.6) is 0 Å². The third kappa shape index (κ3) is 19.6. The van der Waals surface area contributed by atoms with E-state index in [0.29, 0.717) is 5.92 Å². The number of hydrogen-bond donors (Lipinski definition) is 2. The summed E-state index contributed by atoms with van der Waals surface area (Å²) in [6, 6.07) is 32.7. The van der Waals surface area contributed by atoms with E-state index in [1.807, 2.05) is 74.7 Å². The van der Waals surface area contributed by atoms with Gasteiger partial charge in [-0.25, -0.2) is 0 Å². The Morgan fingerprint density at radius 1 is 0.548 bits per heavy atom. The van der Waals surface area contributed by atoms with Crippen LogP contribution in [0.2, 0.25) is 0 Å². The van der Waals surface area contributed by atoms with E-state index in [-0.39, 0.29) is 86.5 Å². The largest absolute Gasteiger partial charge is 0.512 e. The molecular weight excluding hydrogens is 1260 g/mol. The summed E-state index contributed by atoms with van der Waals surface area (Å²) < 4.78 is 0. The van der Waals surface area contributed by atoms with E-state index in [1.165, 1.54) is 56.0 Å². The summed E-state index contributed by atoms with van der Waals surface area (Å²) in [5.74, 6) is 1.52. The number of carbonyl (C=O) groups is 2. The second-order valence-electron chi connectivity index (χ2n) is 19.9. The van der Waals surface area contributed by atoms with Crippen LogP contribution in [0.25, 0.3) is 44.1 Å². The third-order valence-corrected chi connectivity index (χ3v) is 14.1. The Bertz CT molecular complexity index is 2680. The van der Waals surface area contributed by atoms with Gasteiger partial charge in [-0.05, 0) is 115 Å². The van der Waals surface area contributed by atoms with Crippen LogP contribution in [0.4, 0.5) is 0 Å². The summed E-state index contributed by atoms with van der Waals surface area (Å²) >= 11 is 0. The molecule has 0 saturated carbocycles. The molecule has 0 atom stereocenters. The molecule has 2 N–H and O–H groups in total. The molecule has 0 amide bonds. The Morgan fingerprint density at radius 2 is 0.959 bits per heavy atom. The zero-order valence-electron chi connectivity index (χ0n) is 47.0. The van der Waals surface area contributed by atoms with Gasteiger partial charge in [-0.2, -0.15) is 0 Å². The predicted molar refractivity (Wildman–Crippen MR) is 302 cm³/mol. The quantitative estimate of drug-likeness (QED) is 0.0536. The van der Waals surface area contributed by atoms with Gasteiger partial charge < -0.3 is 20.2 Å². The van der Waals surface area contributed by atoms with Crippen molar-refractivity contribution in [2.24, 2.45) is 23.2 Å². The number of aliphatic hydroxyl groups excluding tert-OH is 2. The van der Waals surface area contributed by atoms with Crippen molar-refractivity contribution in [2.45, 2.75) is 168 Å². The van der Waals surface area contributed by atoms with Crippen LogP contribution in [0, 0.1) is 69.9 Å². The topological polar surface area (TPSA) is 100 Å². The number of aromatic nitrogens is 2. The molecule has 0 fully saturated rings. The molecular formula is C65H86Ir2N2O4-2. The van der Waals surface area contributed by atoms with Gasteiger partial charge in [0.2, 0.25) is 0 Å². The van der Waals surface area contributed by atoms with Gasteiger partial charge in [-0.15, -0.1) is 69.8 Å². The first-order chi connectivity index (χ1) is 33.7. The van der Waals surface area contributed by atoms with E-state index in [4.69, 9.17) is 0 Å². The molecule has 400 valence electrons. The van der Waals surface area contributed by atoms with Gasteiger partial charge in [0.15, 0.2) is 11.6 Å². The monoisotopic (exact) mass is 1340 g/mol. The number of fused-ring (bicyclic) bond motifs is 2. The van der Waals surface area contributed by atoms with E-state index in [1.54, 1.807) is 0 Å². The molecule has 0 aliphatic heterocycles. The molecule has 6 nitrogen and oxygen atoms in total. The fraction of sp³-hybridized carbons (Fsp3) is 0.446. The van der Waals surface area contributed by atoms with Gasteiger partial charge in [0.05, 0.1) is 11.5 Å². The summed E-state index contributed by atoms with van der Waals surface area (Å²) in [5, 5.41) is 24.5. The minimum Gasteiger partial charge on any atom is -0.512 e. The summed E-state index contributed by atoms with van der Waals surface area (Å²) in [7, 11) is 0. The second kappa shape index (κ2) is 32.7. The molecule has 0 aliphatic carbocycles. The van der Waals surface area contributed by atoms with Gasteiger partial charge in [0.1, 0.15) is 0 Å². The smallest absolute Gasteiger partial charge is 0.164 e. The van der Waals surface area contributed by atoms with E-state index in [2.05, 4.69) is 143 Å². The molecule has 0 aliphatic rings. The number of hydrogen-bond acceptors (Lipinski definition) is 6. The Hall–Kier alpha value is -4.58. The summed E-state index contributed by atoms with van der Waals surface area (Å²) in [6.45, 7) is 33.1. The Balaban J connectivity index is 0.000000488. The number of ketones is 2. The molecule has 6 rings (SSSR count). The molecule has 0 bridgehead atoms. The summed E-state index contributed by atoms with van der Waals surface area (Å²) in [5.41, 5.74) is 11.3. The molecule has 2 aromatic heterocycles. The molecule has 8 heteroatoms. The van der Waals surface area contributed by atoms with Crippen molar-refractivity contribution >= 4 is 33.1 Å². The first kappa shape index (κ1) is 66.4. The van der Waals surface area contributed by atoms with E-state index in [9.17, 15) is 19.8 Å². The van der Waals surface area contributed by atoms with E-state index >= 15 is 0 Å². The number of carbonyl (C=O) groups excluding carboxylic acids is 2. The fourth-order valence-electron chi connectivity index (χ4n) is 8.84. The van der Waals surface area contributed by atoms with Crippen molar-refractivity contribution < 1.29 is 60.0 Å². The van der Waals surface area contributed by atoms with Crippen LogP contribution in [-0.4, -0.2) is 31.7 Å². The number of nitrogens with zero attached hydrogens (tertiary/aromatic N) is 2. The van der Waals surface area contributed by atoms with Crippen LogP contribution in [0.1, 0.15) is 167 Å². The summed E-state index contributed by atoms with van der Waals surface area (Å²) in [6.07, 6.45) is 13.5. The van der Waals surface area contributed by atoms with Crippen LogP contribution < -0.4 is 0 Å². The second-order valence-corrected chi connectivity index (χ2v) is 19.9. The van der Waals surface area contributed by atoms with Crippen molar-refractivity contribution in [1.29, 1.82) is 0 Å². The fourth-order valence-corrected chi connectivity index (χ4v) is 8.84. The zero-order valence-corrected chi connectivity index (χ0v) is 51.8. The standard InChI is InChI=1S/C20H20N.C18H16N.C14H26O2.C13H24O2.2Ir/c1-13(2)16-5-6-19-17(12-16)7-8-21-20(19)18-10-14(3)9-15(4)11-18;1-12-4-5-17-15(9-12)6-7-19-18(17)16-10-13(2)8-14(3)11-16;1-6-11(7-2)12(15)10-13(16)14(5,8-3)9-4;1-5-10(6-2)12(14)9-13(15)11(7-3)8-4;;/h5-10,12-13H,1-4H3;4-10H,1-3H3;10-11,15H,6-9H2,1-5H3;9-11,14H,5-8H2,1-4H3;;/q2*-1;;;;. The normalized spacial score (nSPS) is 11.6. The maximum absolute atomic E-state index is 12.0.